The molecule has 3 aromatic carbocycles. The Kier molecular flexibility index (Phi) is 7.43. The van der Waals surface area contributed by atoms with E-state index in [1.54, 1.807) is 0 Å². The summed E-state index contributed by atoms with van der Waals surface area (Å²) in [4.78, 5) is 0. The van der Waals surface area contributed by atoms with Gasteiger partial charge in [-0.3, -0.25) is 0 Å². The summed E-state index contributed by atoms with van der Waals surface area (Å²) in [6.45, 7) is 6.17. The molecule has 0 saturated heterocycles. The number of hydrogen-bond acceptors (Lipinski definition) is 3. The van der Waals surface area contributed by atoms with Crippen LogP contribution in [0.15, 0.2) is 72.8 Å². The van der Waals surface area contributed by atoms with Crippen LogP contribution in [0.4, 0.5) is 0 Å². The molecular weight excluding hydrogens is 432 g/mol. The molecule has 3 nitrogen and oxygen atoms in total. The third-order valence-electron chi connectivity index (χ3n) is 7.70. The van der Waals surface area contributed by atoms with Crippen LogP contribution in [0.3, 0.4) is 0 Å². The van der Waals surface area contributed by atoms with Crippen LogP contribution in [0.2, 0.25) is 0 Å². The summed E-state index contributed by atoms with van der Waals surface area (Å²) in [6.07, 6.45) is 4.35. The van der Waals surface area contributed by atoms with Crippen molar-refractivity contribution in [1.29, 1.82) is 0 Å². The van der Waals surface area contributed by atoms with Gasteiger partial charge in [-0.15, -0.1) is 0 Å². The molecule has 0 spiro atoms. The lowest BCUT2D eigenvalue weighted by atomic mass is 9.69. The van der Waals surface area contributed by atoms with Gasteiger partial charge in [-0.05, 0) is 95.9 Å². The fourth-order valence-corrected chi connectivity index (χ4v) is 5.76. The molecule has 1 N–H and O–H groups in total. The largest absolute Gasteiger partial charge is 0.493 e. The normalized spacial score (nSPS) is 23.4. The first-order valence-electron chi connectivity index (χ1n) is 13.2. The molecule has 2 atom stereocenters. The van der Waals surface area contributed by atoms with Crippen LogP contribution < -0.4 is 9.47 Å². The van der Waals surface area contributed by atoms with E-state index in [-0.39, 0.29) is 0 Å². The van der Waals surface area contributed by atoms with Gasteiger partial charge in [0.25, 0.3) is 0 Å². The van der Waals surface area contributed by atoms with Gasteiger partial charge >= 0.3 is 0 Å². The molecule has 0 radical (unpaired) electrons. The molecule has 0 heterocycles. The van der Waals surface area contributed by atoms with Gasteiger partial charge in [0.1, 0.15) is 11.5 Å². The highest BCUT2D eigenvalue weighted by Crippen LogP contribution is 2.47. The van der Waals surface area contributed by atoms with E-state index in [1.165, 1.54) is 22.3 Å². The van der Waals surface area contributed by atoms with Gasteiger partial charge in [0.05, 0.1) is 13.2 Å². The van der Waals surface area contributed by atoms with E-state index in [2.05, 4.69) is 86.6 Å². The standard InChI is InChI=1S/C32H38O3/c1-22(2)20-34-29-13-15-31-27(18-29)10-14-30(25-6-4-3-5-7-25)32(31)26-8-11-28(12-9-26)35-21-24-16-23(17-24)19-33/h3-9,11-13,15,18,22-24,30,32-33H,10,14,16-17,19-21H2,1-2H3/t23-,24-,30-,32+/m1/s1. The highest BCUT2D eigenvalue weighted by Gasteiger charge is 2.32. The maximum atomic E-state index is 9.23. The van der Waals surface area contributed by atoms with Gasteiger partial charge in [-0.1, -0.05) is 62.4 Å². The molecule has 0 aliphatic heterocycles. The topological polar surface area (TPSA) is 38.7 Å². The summed E-state index contributed by atoms with van der Waals surface area (Å²) >= 11 is 0. The van der Waals surface area contributed by atoms with Crippen molar-refractivity contribution in [2.45, 2.75) is 51.4 Å². The Balaban J connectivity index is 1.38. The van der Waals surface area contributed by atoms with Crippen LogP contribution in [0.1, 0.15) is 67.2 Å². The number of fused-ring (bicyclic) bond motifs is 1. The van der Waals surface area contributed by atoms with E-state index in [9.17, 15) is 5.11 Å². The number of hydrogen-bond donors (Lipinski definition) is 1. The lowest BCUT2D eigenvalue weighted by Gasteiger charge is -2.35. The summed E-state index contributed by atoms with van der Waals surface area (Å²) in [5.74, 6) is 4.25. The minimum absolute atomic E-state index is 0.308. The SMILES string of the molecule is CC(C)COc1ccc2c(c1)CC[C@H](c1ccccc1)[C@@H]2c1ccc(OC[C@H]2C[C@H](CO)C2)cc1. The number of ether oxygens (including phenoxy) is 2. The summed E-state index contributed by atoms with van der Waals surface area (Å²) in [5, 5.41) is 9.23. The Hall–Kier alpha value is -2.78. The van der Waals surface area contributed by atoms with Gasteiger partial charge in [0.15, 0.2) is 0 Å². The van der Waals surface area contributed by atoms with E-state index < -0.39 is 0 Å². The van der Waals surface area contributed by atoms with E-state index >= 15 is 0 Å². The molecule has 2 aliphatic carbocycles. The second kappa shape index (κ2) is 10.9. The van der Waals surface area contributed by atoms with Crippen LogP contribution in [0.25, 0.3) is 0 Å². The molecule has 35 heavy (non-hydrogen) atoms. The minimum Gasteiger partial charge on any atom is -0.493 e. The number of aliphatic hydroxyl groups is 1. The predicted octanol–water partition coefficient (Wildman–Crippen LogP) is 6.98. The van der Waals surface area contributed by atoms with Crippen LogP contribution in [0, 0.1) is 17.8 Å². The summed E-state index contributed by atoms with van der Waals surface area (Å²) in [5.41, 5.74) is 5.58. The van der Waals surface area contributed by atoms with Gasteiger partial charge in [-0.2, -0.15) is 0 Å². The van der Waals surface area contributed by atoms with E-state index in [0.29, 0.717) is 36.2 Å². The molecular formula is C32H38O3. The van der Waals surface area contributed by atoms with Crippen LogP contribution >= 0.6 is 0 Å². The molecule has 5 rings (SSSR count). The van der Waals surface area contributed by atoms with Gasteiger partial charge in [0.2, 0.25) is 0 Å². The van der Waals surface area contributed by atoms with Crippen LogP contribution in [-0.4, -0.2) is 24.9 Å². The minimum atomic E-state index is 0.308. The second-order valence-electron chi connectivity index (χ2n) is 10.9. The van der Waals surface area contributed by atoms with Crippen molar-refractivity contribution in [3.05, 3.63) is 95.1 Å². The summed E-state index contributed by atoms with van der Waals surface area (Å²) < 4.78 is 12.1. The van der Waals surface area contributed by atoms with Crippen LogP contribution in [-0.2, 0) is 6.42 Å². The molecule has 184 valence electrons. The van der Waals surface area contributed by atoms with Gasteiger partial charge in [-0.25, -0.2) is 0 Å². The molecule has 3 heteroatoms. The first kappa shape index (κ1) is 23.9. The van der Waals surface area contributed by atoms with Crippen molar-refractivity contribution < 1.29 is 14.6 Å². The number of aryl methyl sites for hydroxylation is 1. The Morgan fingerprint density at radius 1 is 0.829 bits per heavy atom. The molecule has 0 bridgehead atoms. The third kappa shape index (κ3) is 5.56. The molecule has 0 unspecified atom stereocenters. The average Bonchev–Trinajstić information content (AvgIpc) is 2.87. The van der Waals surface area contributed by atoms with Crippen molar-refractivity contribution in [3.63, 3.8) is 0 Å². The van der Waals surface area contributed by atoms with Crippen molar-refractivity contribution >= 4 is 0 Å². The summed E-state index contributed by atoms with van der Waals surface area (Å²) in [6, 6.07) is 26.5. The average molecular weight is 471 g/mol. The second-order valence-corrected chi connectivity index (χ2v) is 10.9. The maximum absolute atomic E-state index is 9.23. The first-order chi connectivity index (χ1) is 17.1. The smallest absolute Gasteiger partial charge is 0.119 e. The third-order valence-corrected chi connectivity index (χ3v) is 7.70. The van der Waals surface area contributed by atoms with Crippen molar-refractivity contribution in [2.24, 2.45) is 17.8 Å². The monoisotopic (exact) mass is 470 g/mol. The Morgan fingerprint density at radius 2 is 1.57 bits per heavy atom. The fraction of sp³-hybridized carbons (Fsp3) is 0.438. The Bertz CT molecular complexity index is 1080. The van der Waals surface area contributed by atoms with Crippen molar-refractivity contribution in [1.82, 2.24) is 0 Å². The number of rotatable bonds is 9. The lowest BCUT2D eigenvalue weighted by molar-refractivity contribution is 0.0730. The zero-order valence-corrected chi connectivity index (χ0v) is 21.0. The number of benzene rings is 3. The molecule has 2 aliphatic rings. The summed E-state index contributed by atoms with van der Waals surface area (Å²) in [7, 11) is 0. The first-order valence-corrected chi connectivity index (χ1v) is 13.2. The van der Waals surface area contributed by atoms with Crippen LogP contribution in [0.5, 0.6) is 11.5 Å². The van der Waals surface area contributed by atoms with Crippen molar-refractivity contribution in [2.75, 3.05) is 19.8 Å². The van der Waals surface area contributed by atoms with E-state index in [1.807, 2.05) is 0 Å². The van der Waals surface area contributed by atoms with Gasteiger partial charge in [0, 0.05) is 12.5 Å². The highest BCUT2D eigenvalue weighted by atomic mass is 16.5. The highest BCUT2D eigenvalue weighted by molar-refractivity contribution is 5.48. The maximum Gasteiger partial charge on any atom is 0.119 e. The molecule has 0 aromatic heterocycles. The lowest BCUT2D eigenvalue weighted by Crippen LogP contribution is -2.30. The molecule has 1 fully saturated rings. The number of aliphatic hydroxyl groups excluding tert-OH is 1. The van der Waals surface area contributed by atoms with Crippen molar-refractivity contribution in [3.8, 4) is 11.5 Å². The Labute approximate surface area is 210 Å². The zero-order valence-electron chi connectivity index (χ0n) is 21.0. The Morgan fingerprint density at radius 3 is 2.29 bits per heavy atom. The van der Waals surface area contributed by atoms with Gasteiger partial charge < -0.3 is 14.6 Å². The fourth-order valence-electron chi connectivity index (χ4n) is 5.76. The van der Waals surface area contributed by atoms with E-state index in [0.717, 1.165) is 50.4 Å². The zero-order chi connectivity index (χ0) is 24.2. The predicted molar refractivity (Wildman–Crippen MR) is 141 cm³/mol. The van der Waals surface area contributed by atoms with E-state index in [4.69, 9.17) is 9.47 Å². The molecule has 1 saturated carbocycles. The quantitative estimate of drug-likeness (QED) is 0.367. The molecule has 0 amide bonds. The molecule has 3 aromatic rings.